The predicted octanol–water partition coefficient (Wildman–Crippen LogP) is 0.942. The molecule has 0 aromatic carbocycles. The van der Waals surface area contributed by atoms with Crippen LogP contribution >= 0.6 is 0 Å². The lowest BCUT2D eigenvalue weighted by molar-refractivity contribution is 0.0283. The maximum Gasteiger partial charge on any atom is 0.0872 e. The van der Waals surface area contributed by atoms with Crippen molar-refractivity contribution < 1.29 is 4.74 Å². The van der Waals surface area contributed by atoms with E-state index in [1.807, 2.05) is 19.2 Å². The number of aryl methyl sites for hydroxylation is 1. The summed E-state index contributed by atoms with van der Waals surface area (Å²) >= 11 is 0. The fraction of sp³-hybridized carbons (Fsp3) is 0.583. The minimum atomic E-state index is 0.143. The first-order valence-corrected chi connectivity index (χ1v) is 5.71. The first-order chi connectivity index (χ1) is 7.70. The highest BCUT2D eigenvalue weighted by atomic mass is 16.5. The van der Waals surface area contributed by atoms with Crippen LogP contribution in [-0.4, -0.2) is 36.8 Å². The lowest BCUT2D eigenvalue weighted by atomic mass is 10.1. The van der Waals surface area contributed by atoms with Crippen molar-refractivity contribution >= 4 is 5.69 Å². The second-order valence-corrected chi connectivity index (χ2v) is 4.35. The van der Waals surface area contributed by atoms with Gasteiger partial charge in [0.1, 0.15) is 0 Å². The van der Waals surface area contributed by atoms with Crippen LogP contribution in [-0.2, 0) is 4.74 Å². The van der Waals surface area contributed by atoms with Crippen LogP contribution in [0.1, 0.15) is 12.6 Å². The third-order valence-corrected chi connectivity index (χ3v) is 2.98. The molecule has 88 valence electrons. The molecule has 1 fully saturated rings. The van der Waals surface area contributed by atoms with E-state index in [-0.39, 0.29) is 6.10 Å². The number of rotatable bonds is 2. The number of hydrogen-bond acceptors (Lipinski definition) is 4. The molecule has 2 unspecified atom stereocenters. The number of nitrogens with two attached hydrogens (primary N) is 1. The molecule has 0 radical (unpaired) electrons. The minimum Gasteiger partial charge on any atom is -0.373 e. The molecule has 1 saturated heterocycles. The SMILES string of the molecule is Cc1cc(N2CC(CN)OCC2C)ccn1. The van der Waals surface area contributed by atoms with Crippen molar-refractivity contribution in [2.24, 2.45) is 5.73 Å². The number of ether oxygens (including phenoxy) is 1. The molecular formula is C12H19N3O. The van der Waals surface area contributed by atoms with E-state index in [9.17, 15) is 0 Å². The Morgan fingerprint density at radius 2 is 2.44 bits per heavy atom. The van der Waals surface area contributed by atoms with Crippen molar-refractivity contribution in [3.8, 4) is 0 Å². The van der Waals surface area contributed by atoms with Crippen LogP contribution in [0, 0.1) is 6.92 Å². The summed E-state index contributed by atoms with van der Waals surface area (Å²) in [4.78, 5) is 6.56. The Kier molecular flexibility index (Phi) is 3.41. The molecular weight excluding hydrogens is 202 g/mol. The number of anilines is 1. The van der Waals surface area contributed by atoms with Crippen molar-refractivity contribution in [2.75, 3.05) is 24.6 Å². The van der Waals surface area contributed by atoms with E-state index < -0.39 is 0 Å². The van der Waals surface area contributed by atoms with Crippen molar-refractivity contribution in [3.63, 3.8) is 0 Å². The van der Waals surface area contributed by atoms with Gasteiger partial charge in [0.2, 0.25) is 0 Å². The first kappa shape index (κ1) is 11.4. The summed E-state index contributed by atoms with van der Waals surface area (Å²) in [6.45, 7) is 6.36. The van der Waals surface area contributed by atoms with Crippen LogP contribution in [0.25, 0.3) is 0 Å². The van der Waals surface area contributed by atoms with Crippen molar-refractivity contribution in [2.45, 2.75) is 26.0 Å². The van der Waals surface area contributed by atoms with Crippen LogP contribution in [0.5, 0.6) is 0 Å². The maximum absolute atomic E-state index is 5.65. The van der Waals surface area contributed by atoms with Gasteiger partial charge in [-0.05, 0) is 26.0 Å². The normalized spacial score (nSPS) is 25.8. The number of pyridine rings is 1. The predicted molar refractivity (Wildman–Crippen MR) is 64.6 cm³/mol. The van der Waals surface area contributed by atoms with Gasteiger partial charge in [-0.1, -0.05) is 0 Å². The van der Waals surface area contributed by atoms with E-state index in [1.165, 1.54) is 5.69 Å². The highest BCUT2D eigenvalue weighted by molar-refractivity contribution is 5.47. The number of nitrogens with zero attached hydrogens (tertiary/aromatic N) is 2. The van der Waals surface area contributed by atoms with Gasteiger partial charge in [-0.15, -0.1) is 0 Å². The molecule has 2 rings (SSSR count). The highest BCUT2D eigenvalue weighted by Crippen LogP contribution is 2.21. The maximum atomic E-state index is 5.65. The van der Waals surface area contributed by atoms with Crippen molar-refractivity contribution in [1.29, 1.82) is 0 Å². The number of morpholine rings is 1. The number of aromatic nitrogens is 1. The zero-order valence-electron chi connectivity index (χ0n) is 9.89. The van der Waals surface area contributed by atoms with E-state index in [0.717, 1.165) is 18.8 Å². The summed E-state index contributed by atoms with van der Waals surface area (Å²) in [5.74, 6) is 0. The summed E-state index contributed by atoms with van der Waals surface area (Å²) in [6.07, 6.45) is 1.99. The topological polar surface area (TPSA) is 51.4 Å². The molecule has 0 bridgehead atoms. The summed E-state index contributed by atoms with van der Waals surface area (Å²) in [6, 6.07) is 4.54. The van der Waals surface area contributed by atoms with Gasteiger partial charge in [-0.2, -0.15) is 0 Å². The van der Waals surface area contributed by atoms with Gasteiger partial charge in [-0.3, -0.25) is 4.98 Å². The third-order valence-electron chi connectivity index (χ3n) is 2.98. The smallest absolute Gasteiger partial charge is 0.0872 e. The molecule has 2 N–H and O–H groups in total. The van der Waals surface area contributed by atoms with E-state index in [0.29, 0.717) is 12.6 Å². The Balaban J connectivity index is 2.17. The van der Waals surface area contributed by atoms with Crippen LogP contribution in [0.2, 0.25) is 0 Å². The van der Waals surface area contributed by atoms with E-state index in [2.05, 4.69) is 22.9 Å². The minimum absolute atomic E-state index is 0.143. The summed E-state index contributed by atoms with van der Waals surface area (Å²) < 4.78 is 5.64. The Labute approximate surface area is 96.4 Å². The van der Waals surface area contributed by atoms with Gasteiger partial charge < -0.3 is 15.4 Å². The molecule has 0 spiro atoms. The molecule has 0 aliphatic carbocycles. The lowest BCUT2D eigenvalue weighted by Gasteiger charge is -2.39. The fourth-order valence-corrected chi connectivity index (χ4v) is 2.03. The zero-order valence-corrected chi connectivity index (χ0v) is 9.89. The quantitative estimate of drug-likeness (QED) is 0.807. The van der Waals surface area contributed by atoms with Gasteiger partial charge in [0, 0.05) is 36.7 Å². The second-order valence-electron chi connectivity index (χ2n) is 4.35. The Morgan fingerprint density at radius 3 is 3.12 bits per heavy atom. The molecule has 0 amide bonds. The third kappa shape index (κ3) is 2.33. The average Bonchev–Trinajstić information content (AvgIpc) is 2.30. The summed E-state index contributed by atoms with van der Waals surface area (Å²) in [7, 11) is 0. The fourth-order valence-electron chi connectivity index (χ4n) is 2.03. The molecule has 2 heterocycles. The lowest BCUT2D eigenvalue weighted by Crippen LogP contribution is -2.50. The van der Waals surface area contributed by atoms with Crippen LogP contribution in [0.15, 0.2) is 18.3 Å². The Bertz CT molecular complexity index is 356. The monoisotopic (exact) mass is 221 g/mol. The van der Waals surface area contributed by atoms with Crippen molar-refractivity contribution in [3.05, 3.63) is 24.0 Å². The summed E-state index contributed by atoms with van der Waals surface area (Å²) in [5.41, 5.74) is 7.91. The van der Waals surface area contributed by atoms with Crippen molar-refractivity contribution in [1.82, 2.24) is 4.98 Å². The molecule has 0 saturated carbocycles. The molecule has 16 heavy (non-hydrogen) atoms. The Hall–Kier alpha value is -1.13. The molecule has 1 aliphatic heterocycles. The Morgan fingerprint density at radius 1 is 1.62 bits per heavy atom. The molecule has 1 aromatic rings. The van der Waals surface area contributed by atoms with Gasteiger partial charge in [-0.25, -0.2) is 0 Å². The second kappa shape index (κ2) is 4.80. The molecule has 2 atom stereocenters. The molecule has 4 nitrogen and oxygen atoms in total. The van der Waals surface area contributed by atoms with E-state index in [4.69, 9.17) is 10.5 Å². The number of hydrogen-bond donors (Lipinski definition) is 1. The average molecular weight is 221 g/mol. The van der Waals surface area contributed by atoms with Crippen LogP contribution in [0.4, 0.5) is 5.69 Å². The van der Waals surface area contributed by atoms with E-state index in [1.54, 1.807) is 0 Å². The largest absolute Gasteiger partial charge is 0.373 e. The standard InChI is InChI=1S/C12H19N3O/c1-9-5-11(3-4-14-9)15-7-12(6-13)16-8-10(15)2/h3-5,10,12H,6-8,13H2,1-2H3. The molecule has 1 aliphatic rings. The highest BCUT2D eigenvalue weighted by Gasteiger charge is 2.25. The van der Waals surface area contributed by atoms with Gasteiger partial charge >= 0.3 is 0 Å². The van der Waals surface area contributed by atoms with Crippen LogP contribution in [0.3, 0.4) is 0 Å². The van der Waals surface area contributed by atoms with Gasteiger partial charge in [0.25, 0.3) is 0 Å². The zero-order chi connectivity index (χ0) is 11.5. The van der Waals surface area contributed by atoms with Gasteiger partial charge in [0.15, 0.2) is 0 Å². The first-order valence-electron chi connectivity index (χ1n) is 5.71. The molecule has 4 heteroatoms. The van der Waals surface area contributed by atoms with E-state index >= 15 is 0 Å². The van der Waals surface area contributed by atoms with Crippen LogP contribution < -0.4 is 10.6 Å². The summed E-state index contributed by atoms with van der Waals surface area (Å²) in [5, 5.41) is 0. The molecule has 1 aromatic heterocycles. The van der Waals surface area contributed by atoms with Gasteiger partial charge in [0.05, 0.1) is 12.7 Å².